The minimum Gasteiger partial charge on any atom is -0.383 e. The SMILES string of the molecule is COCCNc1nnc(SCc2cc(C)on2)s1. The summed E-state index contributed by atoms with van der Waals surface area (Å²) in [6.45, 7) is 3.27. The van der Waals surface area contributed by atoms with E-state index in [2.05, 4.69) is 20.7 Å². The Morgan fingerprint density at radius 3 is 3.11 bits per heavy atom. The van der Waals surface area contributed by atoms with E-state index in [1.807, 2.05) is 13.0 Å². The normalized spacial score (nSPS) is 10.8. The Morgan fingerprint density at radius 1 is 1.50 bits per heavy atom. The van der Waals surface area contributed by atoms with Crippen LogP contribution in [0, 0.1) is 6.92 Å². The van der Waals surface area contributed by atoms with E-state index >= 15 is 0 Å². The quantitative estimate of drug-likeness (QED) is 0.617. The smallest absolute Gasteiger partial charge is 0.206 e. The summed E-state index contributed by atoms with van der Waals surface area (Å²) in [5.74, 6) is 1.56. The molecule has 0 fully saturated rings. The predicted molar refractivity (Wildman–Crippen MR) is 71.1 cm³/mol. The van der Waals surface area contributed by atoms with Crippen molar-refractivity contribution in [1.82, 2.24) is 15.4 Å². The minimum absolute atomic E-state index is 0.653. The van der Waals surface area contributed by atoms with Gasteiger partial charge in [0, 0.05) is 25.5 Å². The third-order valence-electron chi connectivity index (χ3n) is 2.01. The van der Waals surface area contributed by atoms with Gasteiger partial charge in [-0.15, -0.1) is 10.2 Å². The number of aryl methyl sites for hydroxylation is 1. The first-order valence-electron chi connectivity index (χ1n) is 5.39. The average Bonchev–Trinajstić information content (AvgIpc) is 2.96. The van der Waals surface area contributed by atoms with Crippen molar-refractivity contribution >= 4 is 28.2 Å². The van der Waals surface area contributed by atoms with Gasteiger partial charge < -0.3 is 14.6 Å². The summed E-state index contributed by atoms with van der Waals surface area (Å²) in [6.07, 6.45) is 0. The lowest BCUT2D eigenvalue weighted by Crippen LogP contribution is -2.06. The molecule has 2 heterocycles. The van der Waals surface area contributed by atoms with E-state index in [4.69, 9.17) is 9.26 Å². The molecule has 18 heavy (non-hydrogen) atoms. The second-order valence-electron chi connectivity index (χ2n) is 3.51. The standard InChI is InChI=1S/C10H14N4O2S2/c1-7-5-8(14-16-7)6-17-10-13-12-9(18-10)11-3-4-15-2/h5H,3-4,6H2,1-2H3,(H,11,12). The summed E-state index contributed by atoms with van der Waals surface area (Å²) in [4.78, 5) is 0. The molecule has 0 spiro atoms. The number of hydrogen-bond donors (Lipinski definition) is 1. The topological polar surface area (TPSA) is 73.1 Å². The summed E-state index contributed by atoms with van der Waals surface area (Å²) < 4.78 is 10.9. The fraction of sp³-hybridized carbons (Fsp3) is 0.500. The zero-order valence-electron chi connectivity index (χ0n) is 10.2. The number of methoxy groups -OCH3 is 1. The first-order chi connectivity index (χ1) is 8.78. The molecule has 0 atom stereocenters. The highest BCUT2D eigenvalue weighted by Gasteiger charge is 2.06. The van der Waals surface area contributed by atoms with Crippen molar-refractivity contribution < 1.29 is 9.26 Å². The summed E-state index contributed by atoms with van der Waals surface area (Å²) in [7, 11) is 1.67. The van der Waals surface area contributed by atoms with Crippen molar-refractivity contribution in [3.63, 3.8) is 0 Å². The van der Waals surface area contributed by atoms with Crippen LogP contribution in [0.1, 0.15) is 11.5 Å². The van der Waals surface area contributed by atoms with Crippen LogP contribution in [0.15, 0.2) is 14.9 Å². The first kappa shape index (κ1) is 13.3. The predicted octanol–water partition coefficient (Wildman–Crippen LogP) is 2.19. The zero-order chi connectivity index (χ0) is 12.8. The van der Waals surface area contributed by atoms with E-state index in [0.29, 0.717) is 6.61 Å². The van der Waals surface area contributed by atoms with Gasteiger partial charge in [-0.3, -0.25) is 0 Å². The van der Waals surface area contributed by atoms with Crippen LogP contribution in [0.25, 0.3) is 0 Å². The van der Waals surface area contributed by atoms with Gasteiger partial charge in [0.15, 0.2) is 4.34 Å². The molecule has 98 valence electrons. The Bertz CT molecular complexity index is 486. The highest BCUT2D eigenvalue weighted by atomic mass is 32.2. The monoisotopic (exact) mass is 286 g/mol. The Kier molecular flexibility index (Phi) is 4.97. The Morgan fingerprint density at radius 2 is 2.39 bits per heavy atom. The van der Waals surface area contributed by atoms with Crippen molar-refractivity contribution in [2.24, 2.45) is 0 Å². The van der Waals surface area contributed by atoms with Gasteiger partial charge in [-0.1, -0.05) is 28.3 Å². The number of nitrogens with zero attached hydrogens (tertiary/aromatic N) is 3. The number of ether oxygens (including phenoxy) is 1. The Balaban J connectivity index is 1.79. The van der Waals surface area contributed by atoms with Gasteiger partial charge >= 0.3 is 0 Å². The Hall–Kier alpha value is -1.12. The molecule has 0 aliphatic rings. The molecular weight excluding hydrogens is 272 g/mol. The van der Waals surface area contributed by atoms with Crippen molar-refractivity contribution in [2.75, 3.05) is 25.6 Å². The third-order valence-corrected chi connectivity index (χ3v) is 4.06. The van der Waals surface area contributed by atoms with Crippen molar-refractivity contribution in [2.45, 2.75) is 17.0 Å². The maximum absolute atomic E-state index is 5.00. The molecule has 2 rings (SSSR count). The molecule has 0 saturated heterocycles. The fourth-order valence-electron chi connectivity index (χ4n) is 1.22. The van der Waals surface area contributed by atoms with Crippen LogP contribution in [0.5, 0.6) is 0 Å². The molecule has 0 bridgehead atoms. The molecule has 6 nitrogen and oxygen atoms in total. The number of rotatable bonds is 7. The number of hydrogen-bond acceptors (Lipinski definition) is 8. The molecule has 0 aliphatic carbocycles. The van der Waals surface area contributed by atoms with E-state index < -0.39 is 0 Å². The van der Waals surface area contributed by atoms with Gasteiger partial charge in [-0.25, -0.2) is 0 Å². The van der Waals surface area contributed by atoms with Gasteiger partial charge in [0.25, 0.3) is 0 Å². The number of aromatic nitrogens is 3. The molecule has 0 radical (unpaired) electrons. The molecule has 2 aromatic heterocycles. The minimum atomic E-state index is 0.653. The third kappa shape index (κ3) is 3.97. The first-order valence-corrected chi connectivity index (χ1v) is 7.19. The molecule has 0 aliphatic heterocycles. The highest BCUT2D eigenvalue weighted by Crippen LogP contribution is 2.27. The van der Waals surface area contributed by atoms with E-state index in [0.717, 1.165) is 33.2 Å². The molecule has 0 aromatic carbocycles. The van der Waals surface area contributed by atoms with Gasteiger partial charge in [-0.2, -0.15) is 0 Å². The molecule has 0 saturated carbocycles. The van der Waals surface area contributed by atoms with E-state index in [9.17, 15) is 0 Å². The molecular formula is C10H14N4O2S2. The largest absolute Gasteiger partial charge is 0.383 e. The summed E-state index contributed by atoms with van der Waals surface area (Å²) in [5.41, 5.74) is 0.918. The molecule has 8 heteroatoms. The van der Waals surface area contributed by atoms with E-state index in [1.54, 1.807) is 18.9 Å². The van der Waals surface area contributed by atoms with Crippen LogP contribution in [-0.4, -0.2) is 35.6 Å². The van der Waals surface area contributed by atoms with Crippen LogP contribution >= 0.6 is 23.1 Å². The highest BCUT2D eigenvalue weighted by molar-refractivity contribution is 8.00. The molecule has 1 N–H and O–H groups in total. The van der Waals surface area contributed by atoms with Crippen molar-refractivity contribution in [3.05, 3.63) is 17.5 Å². The van der Waals surface area contributed by atoms with Gasteiger partial charge in [0.05, 0.1) is 12.3 Å². The van der Waals surface area contributed by atoms with Crippen LogP contribution in [0.2, 0.25) is 0 Å². The van der Waals surface area contributed by atoms with E-state index in [1.165, 1.54) is 11.3 Å². The van der Waals surface area contributed by atoms with Gasteiger partial charge in [-0.05, 0) is 6.92 Å². The zero-order valence-corrected chi connectivity index (χ0v) is 11.8. The van der Waals surface area contributed by atoms with Gasteiger partial charge in [0.1, 0.15) is 5.76 Å². The van der Waals surface area contributed by atoms with Gasteiger partial charge in [0.2, 0.25) is 5.13 Å². The lowest BCUT2D eigenvalue weighted by atomic mass is 10.4. The Labute approximate surface area is 113 Å². The maximum atomic E-state index is 5.00. The molecule has 0 unspecified atom stereocenters. The fourth-order valence-corrected chi connectivity index (χ4v) is 2.88. The number of thioether (sulfide) groups is 1. The number of nitrogens with one attached hydrogen (secondary N) is 1. The van der Waals surface area contributed by atoms with Crippen LogP contribution in [0.3, 0.4) is 0 Å². The maximum Gasteiger partial charge on any atom is 0.206 e. The second-order valence-corrected chi connectivity index (χ2v) is 5.71. The summed E-state index contributed by atoms with van der Waals surface area (Å²) in [5, 5.41) is 16.0. The molecule has 0 amide bonds. The number of anilines is 1. The van der Waals surface area contributed by atoms with Crippen molar-refractivity contribution in [1.29, 1.82) is 0 Å². The van der Waals surface area contributed by atoms with Crippen LogP contribution in [-0.2, 0) is 10.5 Å². The lowest BCUT2D eigenvalue weighted by molar-refractivity contribution is 0.211. The lowest BCUT2D eigenvalue weighted by Gasteiger charge is -1.98. The molecule has 2 aromatic rings. The van der Waals surface area contributed by atoms with Crippen LogP contribution in [0.4, 0.5) is 5.13 Å². The summed E-state index contributed by atoms with van der Waals surface area (Å²) >= 11 is 3.12. The second kappa shape index (κ2) is 6.72. The van der Waals surface area contributed by atoms with E-state index in [-0.39, 0.29) is 0 Å². The van der Waals surface area contributed by atoms with Crippen molar-refractivity contribution in [3.8, 4) is 0 Å². The van der Waals surface area contributed by atoms with Crippen LogP contribution < -0.4 is 5.32 Å². The summed E-state index contributed by atoms with van der Waals surface area (Å²) in [6, 6.07) is 1.92. The average molecular weight is 286 g/mol.